The lowest BCUT2D eigenvalue weighted by atomic mass is 9.80. The Morgan fingerprint density at radius 3 is 2.79 bits per heavy atom. The summed E-state index contributed by atoms with van der Waals surface area (Å²) < 4.78 is 6.07. The van der Waals surface area contributed by atoms with Crippen molar-refractivity contribution in [2.75, 3.05) is 12.4 Å². The van der Waals surface area contributed by atoms with Gasteiger partial charge in [0.2, 0.25) is 0 Å². The van der Waals surface area contributed by atoms with Gasteiger partial charge in [-0.1, -0.05) is 12.1 Å². The van der Waals surface area contributed by atoms with Crippen molar-refractivity contribution in [1.29, 1.82) is 0 Å². The first-order valence-electron chi connectivity index (χ1n) is 6.77. The molecule has 1 aromatic carbocycles. The average molecular weight is 324 g/mol. The molecule has 2 saturated carbocycles. The number of hydrogen-bond acceptors (Lipinski definition) is 3. The Morgan fingerprint density at radius 1 is 1.42 bits per heavy atom. The van der Waals surface area contributed by atoms with E-state index in [0.29, 0.717) is 11.8 Å². The lowest BCUT2D eigenvalue weighted by Crippen LogP contribution is -2.51. The zero-order valence-corrected chi connectivity index (χ0v) is 12.6. The van der Waals surface area contributed by atoms with Gasteiger partial charge in [-0.3, -0.25) is 0 Å². The molecule has 19 heavy (non-hydrogen) atoms. The van der Waals surface area contributed by atoms with Crippen LogP contribution in [-0.2, 0) is 9.53 Å². The molecule has 0 radical (unpaired) electrons. The molecule has 0 amide bonds. The van der Waals surface area contributed by atoms with Crippen molar-refractivity contribution in [3.63, 3.8) is 0 Å². The molecule has 2 bridgehead atoms. The van der Waals surface area contributed by atoms with Crippen LogP contribution < -0.4 is 5.32 Å². The summed E-state index contributed by atoms with van der Waals surface area (Å²) in [6.45, 7) is 0. The summed E-state index contributed by atoms with van der Waals surface area (Å²) in [6, 6.07) is 7.94. The highest BCUT2D eigenvalue weighted by Crippen LogP contribution is 2.52. The number of carbonyl (C=O) groups excluding carboxylic acids is 1. The Labute approximate surface area is 121 Å². The van der Waals surface area contributed by atoms with Gasteiger partial charge in [-0.2, -0.15) is 0 Å². The number of fused-ring (bicyclic) bond motifs is 2. The summed E-state index contributed by atoms with van der Waals surface area (Å²) in [7, 11) is 1.48. The number of ether oxygens (including phenoxy) is 1. The van der Waals surface area contributed by atoms with E-state index in [1.807, 2.05) is 24.3 Å². The van der Waals surface area contributed by atoms with Crippen LogP contribution in [0, 0.1) is 11.8 Å². The number of carbonyl (C=O) groups is 1. The van der Waals surface area contributed by atoms with Crippen LogP contribution >= 0.6 is 15.9 Å². The fourth-order valence-electron chi connectivity index (χ4n) is 3.77. The monoisotopic (exact) mass is 323 g/mol. The minimum absolute atomic E-state index is 0.115. The van der Waals surface area contributed by atoms with Gasteiger partial charge in [-0.25, -0.2) is 4.79 Å². The highest BCUT2D eigenvalue weighted by atomic mass is 79.9. The molecule has 3 atom stereocenters. The summed E-state index contributed by atoms with van der Waals surface area (Å²) in [5, 5.41) is 3.48. The van der Waals surface area contributed by atoms with Gasteiger partial charge in [0.15, 0.2) is 0 Å². The van der Waals surface area contributed by atoms with Gasteiger partial charge in [0.25, 0.3) is 0 Å². The van der Waals surface area contributed by atoms with E-state index in [1.54, 1.807) is 0 Å². The van der Waals surface area contributed by atoms with E-state index in [4.69, 9.17) is 4.74 Å². The molecule has 1 N–H and O–H groups in total. The number of para-hydroxylation sites is 1. The summed E-state index contributed by atoms with van der Waals surface area (Å²) in [5.74, 6) is 0.951. The fraction of sp³-hybridized carbons (Fsp3) is 0.533. The van der Waals surface area contributed by atoms with E-state index in [9.17, 15) is 4.79 Å². The third-order valence-corrected chi connectivity index (χ3v) is 5.32. The third kappa shape index (κ3) is 2.06. The molecule has 3 rings (SSSR count). The van der Waals surface area contributed by atoms with Crippen LogP contribution in [0.5, 0.6) is 0 Å². The molecule has 3 nitrogen and oxygen atoms in total. The predicted molar refractivity (Wildman–Crippen MR) is 78.0 cm³/mol. The number of methoxy groups -OCH3 is 1. The lowest BCUT2D eigenvalue weighted by molar-refractivity contribution is -0.148. The molecule has 2 fully saturated rings. The molecule has 0 spiro atoms. The van der Waals surface area contributed by atoms with Gasteiger partial charge in [-0.15, -0.1) is 0 Å². The van der Waals surface area contributed by atoms with E-state index in [-0.39, 0.29) is 5.97 Å². The van der Waals surface area contributed by atoms with E-state index < -0.39 is 5.54 Å². The second-order valence-corrected chi connectivity index (χ2v) is 6.50. The van der Waals surface area contributed by atoms with Crippen LogP contribution in [0.3, 0.4) is 0 Å². The highest BCUT2D eigenvalue weighted by Gasteiger charge is 2.56. The summed E-state index contributed by atoms with van der Waals surface area (Å²) >= 11 is 3.54. The standard InChI is InChI=1S/C15H18BrNO2/c1-19-14(18)15(9-10-6-7-11(15)8-10)17-13-5-3-2-4-12(13)16/h2-5,10-11,17H,6-9H2,1H3. The topological polar surface area (TPSA) is 38.3 Å². The Kier molecular flexibility index (Phi) is 3.29. The molecule has 4 heteroatoms. The molecule has 0 heterocycles. The summed E-state index contributed by atoms with van der Waals surface area (Å²) in [5.41, 5.74) is 0.446. The number of hydrogen-bond donors (Lipinski definition) is 1. The first-order valence-corrected chi connectivity index (χ1v) is 7.56. The molecule has 0 aromatic heterocycles. The Balaban J connectivity index is 1.93. The molecular formula is C15H18BrNO2. The SMILES string of the molecule is COC(=O)C1(Nc2ccccc2Br)CC2CCC1C2. The first-order chi connectivity index (χ1) is 9.15. The zero-order chi connectivity index (χ0) is 13.5. The van der Waals surface area contributed by atoms with Crippen LogP contribution in [0.2, 0.25) is 0 Å². The van der Waals surface area contributed by atoms with Crippen molar-refractivity contribution in [3.05, 3.63) is 28.7 Å². The van der Waals surface area contributed by atoms with Crippen LogP contribution in [-0.4, -0.2) is 18.6 Å². The molecule has 3 unspecified atom stereocenters. The first kappa shape index (κ1) is 13.0. The van der Waals surface area contributed by atoms with Crippen LogP contribution in [0.25, 0.3) is 0 Å². The maximum absolute atomic E-state index is 12.3. The quantitative estimate of drug-likeness (QED) is 0.864. The van der Waals surface area contributed by atoms with E-state index in [0.717, 1.165) is 29.4 Å². The maximum Gasteiger partial charge on any atom is 0.331 e. The van der Waals surface area contributed by atoms with Gasteiger partial charge in [0.1, 0.15) is 5.54 Å². The van der Waals surface area contributed by atoms with E-state index in [2.05, 4.69) is 21.2 Å². The summed E-state index contributed by atoms with van der Waals surface area (Å²) in [6.07, 6.45) is 4.41. The molecule has 1 aromatic rings. The number of anilines is 1. The van der Waals surface area contributed by atoms with Gasteiger partial charge in [0, 0.05) is 10.2 Å². The molecular weight excluding hydrogens is 306 g/mol. The number of rotatable bonds is 3. The van der Waals surface area contributed by atoms with Gasteiger partial charge in [-0.05, 0) is 65.6 Å². The normalized spacial score (nSPS) is 32.3. The van der Waals surface area contributed by atoms with E-state index >= 15 is 0 Å². The van der Waals surface area contributed by atoms with Crippen molar-refractivity contribution in [3.8, 4) is 0 Å². The van der Waals surface area contributed by atoms with Crippen LogP contribution in [0.4, 0.5) is 5.69 Å². The Bertz CT molecular complexity index is 505. The van der Waals surface area contributed by atoms with Crippen LogP contribution in [0.15, 0.2) is 28.7 Å². The second-order valence-electron chi connectivity index (χ2n) is 5.65. The van der Waals surface area contributed by atoms with Gasteiger partial charge >= 0.3 is 5.97 Å². The van der Waals surface area contributed by atoms with Gasteiger partial charge < -0.3 is 10.1 Å². The van der Waals surface area contributed by atoms with E-state index in [1.165, 1.54) is 13.5 Å². The molecule has 102 valence electrons. The molecule has 0 aliphatic heterocycles. The number of nitrogens with one attached hydrogen (secondary N) is 1. The van der Waals surface area contributed by atoms with Gasteiger partial charge in [0.05, 0.1) is 7.11 Å². The zero-order valence-electron chi connectivity index (χ0n) is 11.0. The van der Waals surface area contributed by atoms with Crippen molar-refractivity contribution in [2.45, 2.75) is 31.2 Å². The minimum Gasteiger partial charge on any atom is -0.467 e. The third-order valence-electron chi connectivity index (χ3n) is 4.63. The average Bonchev–Trinajstić information content (AvgIpc) is 3.01. The summed E-state index contributed by atoms with van der Waals surface area (Å²) in [4.78, 5) is 12.3. The molecule has 2 aliphatic carbocycles. The number of esters is 1. The smallest absolute Gasteiger partial charge is 0.331 e. The largest absolute Gasteiger partial charge is 0.467 e. The fourth-order valence-corrected chi connectivity index (χ4v) is 4.15. The highest BCUT2D eigenvalue weighted by molar-refractivity contribution is 9.10. The van der Waals surface area contributed by atoms with Crippen molar-refractivity contribution in [1.82, 2.24) is 0 Å². The maximum atomic E-state index is 12.3. The Hall–Kier alpha value is -1.03. The van der Waals surface area contributed by atoms with Crippen molar-refractivity contribution >= 4 is 27.6 Å². The van der Waals surface area contributed by atoms with Crippen molar-refractivity contribution in [2.24, 2.45) is 11.8 Å². The molecule has 0 saturated heterocycles. The van der Waals surface area contributed by atoms with Crippen LogP contribution in [0.1, 0.15) is 25.7 Å². The molecule has 2 aliphatic rings. The Morgan fingerprint density at radius 2 is 2.21 bits per heavy atom. The second kappa shape index (κ2) is 4.82. The van der Waals surface area contributed by atoms with Crippen molar-refractivity contribution < 1.29 is 9.53 Å². The number of benzene rings is 1. The lowest BCUT2D eigenvalue weighted by Gasteiger charge is -2.36. The number of halogens is 1. The minimum atomic E-state index is -0.526. The predicted octanol–water partition coefficient (Wildman–Crippen LogP) is 3.59.